The van der Waals surface area contributed by atoms with E-state index in [-0.39, 0.29) is 17.6 Å². The predicted octanol–water partition coefficient (Wildman–Crippen LogP) is 6.83. The third-order valence-corrected chi connectivity index (χ3v) is 8.26. The first-order valence-electron chi connectivity index (χ1n) is 16.2. The van der Waals surface area contributed by atoms with E-state index >= 15 is 0 Å². The smallest absolute Gasteiger partial charge is 0.416 e. The molecule has 2 heterocycles. The molecule has 1 saturated heterocycles. The van der Waals surface area contributed by atoms with Crippen LogP contribution < -0.4 is 19.7 Å². The summed E-state index contributed by atoms with van der Waals surface area (Å²) in [5, 5.41) is 3.05. The van der Waals surface area contributed by atoms with E-state index in [1.807, 2.05) is 45.9 Å². The van der Waals surface area contributed by atoms with E-state index in [0.29, 0.717) is 37.1 Å². The second kappa shape index (κ2) is 16.6. The highest BCUT2D eigenvalue weighted by molar-refractivity contribution is 5.86. The number of aromatic nitrogens is 2. The number of piperazine rings is 1. The van der Waals surface area contributed by atoms with Crippen molar-refractivity contribution >= 4 is 23.5 Å². The Balaban J connectivity index is 1.39. The van der Waals surface area contributed by atoms with Crippen LogP contribution in [0.25, 0.3) is 0 Å². The highest BCUT2D eigenvalue weighted by Crippen LogP contribution is 2.34. The molecule has 2 aromatic carbocycles. The number of nitrogens with one attached hydrogen (secondary N) is 1. The number of nitrogens with zero attached hydrogens (tertiary/aromatic N) is 5. The number of benzene rings is 2. The monoisotopic (exact) mass is 636 g/mol. The maximum absolute atomic E-state index is 15.0. The SMILES string of the molecule is CCCN(C(=O)OC(c1cccc(OC)c1C)C(C)C)c1ccnc(Nc2ccc(OCCN3CCN(C(C)C)CC3)c(F)c2)n1. The lowest BCUT2D eigenvalue weighted by Crippen LogP contribution is -2.49. The van der Waals surface area contributed by atoms with Crippen molar-refractivity contribution in [2.75, 3.05) is 63.2 Å². The lowest BCUT2D eigenvalue weighted by molar-refractivity contribution is 0.0756. The molecular weight excluding hydrogens is 587 g/mol. The van der Waals surface area contributed by atoms with Gasteiger partial charge in [0.1, 0.15) is 24.3 Å². The van der Waals surface area contributed by atoms with Crippen molar-refractivity contribution in [3.8, 4) is 11.5 Å². The molecule has 1 aliphatic heterocycles. The van der Waals surface area contributed by atoms with Gasteiger partial charge in [-0.1, -0.05) is 32.9 Å². The lowest BCUT2D eigenvalue weighted by Gasteiger charge is -2.36. The Labute approximate surface area is 272 Å². The Morgan fingerprint density at radius 3 is 2.48 bits per heavy atom. The number of methoxy groups -OCH3 is 1. The number of carbonyl (C=O) groups is 1. The van der Waals surface area contributed by atoms with Gasteiger partial charge in [-0.05, 0) is 68.5 Å². The fraction of sp³-hybridized carbons (Fsp3) is 0.514. The summed E-state index contributed by atoms with van der Waals surface area (Å²) in [7, 11) is 1.63. The van der Waals surface area contributed by atoms with Crippen LogP contribution in [0.3, 0.4) is 0 Å². The summed E-state index contributed by atoms with van der Waals surface area (Å²) < 4.78 is 32.3. The Morgan fingerprint density at radius 2 is 1.83 bits per heavy atom. The number of anilines is 3. The van der Waals surface area contributed by atoms with Crippen LogP contribution in [0.1, 0.15) is 58.3 Å². The minimum Gasteiger partial charge on any atom is -0.496 e. The molecule has 1 fully saturated rings. The average Bonchev–Trinajstić information content (AvgIpc) is 3.04. The Hall–Kier alpha value is -3.96. The van der Waals surface area contributed by atoms with Crippen LogP contribution in [0.5, 0.6) is 11.5 Å². The van der Waals surface area contributed by atoms with Gasteiger partial charge >= 0.3 is 6.09 Å². The minimum absolute atomic E-state index is 0.0168. The zero-order valence-corrected chi connectivity index (χ0v) is 28.3. The van der Waals surface area contributed by atoms with Crippen molar-refractivity contribution in [2.45, 2.75) is 60.1 Å². The standard InChI is InChI=1S/C35H49FN6O4/c1-8-16-42(35(43)46-33(24(2)3)28-10-9-11-30(44-7)26(28)6)32-14-15-37-34(39-32)38-27-12-13-31(29(36)23-27)45-22-21-40-17-19-41(20-18-40)25(4)5/h9-15,23-25,33H,8,16-22H2,1-7H3,(H,37,38,39). The molecule has 4 rings (SSSR count). The van der Waals surface area contributed by atoms with Gasteiger partial charge in [0.2, 0.25) is 5.95 Å². The Kier molecular flexibility index (Phi) is 12.6. The molecule has 0 saturated carbocycles. The van der Waals surface area contributed by atoms with Crippen molar-refractivity contribution in [3.05, 3.63) is 65.6 Å². The summed E-state index contributed by atoms with van der Waals surface area (Å²) in [6.45, 7) is 18.0. The van der Waals surface area contributed by atoms with Crippen molar-refractivity contribution in [2.24, 2.45) is 5.92 Å². The van der Waals surface area contributed by atoms with Crippen LogP contribution in [0.2, 0.25) is 0 Å². The zero-order valence-electron chi connectivity index (χ0n) is 28.3. The molecule has 0 bridgehead atoms. The van der Waals surface area contributed by atoms with Crippen LogP contribution in [0.4, 0.5) is 26.6 Å². The molecule has 1 amide bonds. The topological polar surface area (TPSA) is 92.3 Å². The molecule has 1 aromatic heterocycles. The molecule has 0 spiro atoms. The number of ether oxygens (including phenoxy) is 3. The second-order valence-corrected chi connectivity index (χ2v) is 12.2. The lowest BCUT2D eigenvalue weighted by atomic mass is 9.94. The molecule has 0 radical (unpaired) electrons. The van der Waals surface area contributed by atoms with E-state index in [2.05, 4.69) is 38.9 Å². The first-order valence-corrected chi connectivity index (χ1v) is 16.2. The van der Waals surface area contributed by atoms with Gasteiger partial charge in [-0.25, -0.2) is 14.2 Å². The van der Waals surface area contributed by atoms with Crippen LogP contribution in [0, 0.1) is 18.7 Å². The van der Waals surface area contributed by atoms with Gasteiger partial charge in [-0.15, -0.1) is 0 Å². The summed E-state index contributed by atoms with van der Waals surface area (Å²) >= 11 is 0. The third kappa shape index (κ3) is 9.07. The van der Waals surface area contributed by atoms with Gasteiger partial charge in [0.25, 0.3) is 0 Å². The molecule has 1 atom stereocenters. The number of rotatable bonds is 14. The van der Waals surface area contributed by atoms with E-state index in [9.17, 15) is 9.18 Å². The highest BCUT2D eigenvalue weighted by Gasteiger charge is 2.28. The largest absolute Gasteiger partial charge is 0.496 e. The molecule has 10 nitrogen and oxygen atoms in total. The van der Waals surface area contributed by atoms with Crippen LogP contribution in [-0.4, -0.2) is 84.9 Å². The Morgan fingerprint density at radius 1 is 1.07 bits per heavy atom. The molecule has 11 heteroatoms. The van der Waals surface area contributed by atoms with Gasteiger partial charge in [-0.3, -0.25) is 14.7 Å². The van der Waals surface area contributed by atoms with Crippen LogP contribution in [-0.2, 0) is 4.74 Å². The molecule has 1 aliphatic rings. The molecular formula is C35H49FN6O4. The molecule has 250 valence electrons. The van der Waals surface area contributed by atoms with Gasteiger partial charge in [0, 0.05) is 63.3 Å². The zero-order chi connectivity index (χ0) is 33.2. The van der Waals surface area contributed by atoms with E-state index < -0.39 is 18.0 Å². The van der Waals surface area contributed by atoms with E-state index in [1.165, 1.54) is 11.0 Å². The number of carbonyl (C=O) groups excluding carboxylic acids is 1. The summed E-state index contributed by atoms with van der Waals surface area (Å²) in [6.07, 6.45) is 1.25. The highest BCUT2D eigenvalue weighted by atomic mass is 19.1. The quantitative estimate of drug-likeness (QED) is 0.204. The van der Waals surface area contributed by atoms with Gasteiger partial charge in [-0.2, -0.15) is 4.98 Å². The van der Waals surface area contributed by atoms with Crippen LogP contribution in [0.15, 0.2) is 48.7 Å². The van der Waals surface area contributed by atoms with Gasteiger partial charge < -0.3 is 19.5 Å². The molecule has 3 aromatic rings. The van der Waals surface area contributed by atoms with Crippen molar-refractivity contribution in [3.63, 3.8) is 0 Å². The Bertz CT molecular complexity index is 1430. The molecule has 0 aliphatic carbocycles. The first-order chi connectivity index (χ1) is 22.1. The average molecular weight is 637 g/mol. The van der Waals surface area contributed by atoms with E-state index in [1.54, 1.807) is 31.5 Å². The summed E-state index contributed by atoms with van der Waals surface area (Å²) in [5.41, 5.74) is 2.28. The van der Waals surface area contributed by atoms with Crippen molar-refractivity contribution in [1.82, 2.24) is 19.8 Å². The number of halogens is 1. The summed E-state index contributed by atoms with van der Waals surface area (Å²) in [6, 6.07) is 12.6. The number of hydrogen-bond donors (Lipinski definition) is 1. The van der Waals surface area contributed by atoms with Crippen molar-refractivity contribution in [1.29, 1.82) is 0 Å². The maximum atomic E-state index is 15.0. The fourth-order valence-electron chi connectivity index (χ4n) is 5.59. The van der Waals surface area contributed by atoms with Gasteiger partial charge in [0.15, 0.2) is 11.6 Å². The van der Waals surface area contributed by atoms with E-state index in [4.69, 9.17) is 14.2 Å². The maximum Gasteiger partial charge on any atom is 0.416 e. The fourth-order valence-corrected chi connectivity index (χ4v) is 5.59. The third-order valence-electron chi connectivity index (χ3n) is 8.26. The van der Waals surface area contributed by atoms with Gasteiger partial charge in [0.05, 0.1) is 7.11 Å². The molecule has 1 unspecified atom stereocenters. The normalized spacial score (nSPS) is 14.7. The summed E-state index contributed by atoms with van der Waals surface area (Å²) in [5.74, 6) is 1.08. The first kappa shape index (κ1) is 34.9. The number of hydrogen-bond acceptors (Lipinski definition) is 9. The summed E-state index contributed by atoms with van der Waals surface area (Å²) in [4.78, 5) is 28.8. The minimum atomic E-state index is -0.512. The number of amides is 1. The molecule has 1 N–H and O–H groups in total. The molecule has 46 heavy (non-hydrogen) atoms. The van der Waals surface area contributed by atoms with Crippen molar-refractivity contribution < 1.29 is 23.4 Å². The predicted molar refractivity (Wildman–Crippen MR) is 180 cm³/mol. The second-order valence-electron chi connectivity index (χ2n) is 12.2. The van der Waals surface area contributed by atoms with E-state index in [0.717, 1.165) is 49.6 Å². The van der Waals surface area contributed by atoms with Crippen LogP contribution >= 0.6 is 0 Å².